The lowest BCUT2D eigenvalue weighted by molar-refractivity contribution is 0.230. The van der Waals surface area contributed by atoms with Gasteiger partial charge in [0, 0.05) is 11.5 Å². The van der Waals surface area contributed by atoms with Crippen molar-refractivity contribution < 1.29 is 17.4 Å². The lowest BCUT2D eigenvalue weighted by Crippen LogP contribution is -2.08. The van der Waals surface area contributed by atoms with Gasteiger partial charge in [-0.25, -0.2) is 0 Å². The monoisotopic (exact) mass is 319 g/mol. The predicted molar refractivity (Wildman–Crippen MR) is 82.8 cm³/mol. The number of rotatable bonds is 3. The van der Waals surface area contributed by atoms with E-state index in [-0.39, 0.29) is 17.4 Å². The van der Waals surface area contributed by atoms with Gasteiger partial charge in [-0.3, -0.25) is 4.28 Å². The lowest BCUT2D eigenvalue weighted by atomic mass is 9.95. The van der Waals surface area contributed by atoms with Crippen LogP contribution < -0.4 is 0 Å². The number of hydrogen-bond acceptors (Lipinski definition) is 5. The van der Waals surface area contributed by atoms with E-state index in [1.54, 1.807) is 12.1 Å². The summed E-state index contributed by atoms with van der Waals surface area (Å²) in [5.41, 5.74) is 2.32. The van der Waals surface area contributed by atoms with E-state index < -0.39 is 10.1 Å². The zero-order valence-corrected chi connectivity index (χ0v) is 13.3. The van der Waals surface area contributed by atoms with Crippen LogP contribution in [0.25, 0.3) is 0 Å². The molecule has 0 saturated carbocycles. The van der Waals surface area contributed by atoms with Crippen LogP contribution in [0, 0.1) is 12.8 Å². The van der Waals surface area contributed by atoms with Crippen LogP contribution in [0.4, 0.5) is 0 Å². The number of hydrogen-bond donors (Lipinski definition) is 0. The summed E-state index contributed by atoms with van der Waals surface area (Å²) in [6.45, 7) is 4.19. The Kier molecular flexibility index (Phi) is 3.78. The van der Waals surface area contributed by atoms with Crippen LogP contribution >= 0.6 is 0 Å². The van der Waals surface area contributed by atoms with Gasteiger partial charge >= 0.3 is 10.1 Å². The maximum atomic E-state index is 12.1. The molecule has 2 aliphatic rings. The van der Waals surface area contributed by atoms with Crippen molar-refractivity contribution in [2.24, 2.45) is 11.1 Å². The number of aryl methyl sites for hydroxylation is 1. The third-order valence-electron chi connectivity index (χ3n) is 3.72. The summed E-state index contributed by atoms with van der Waals surface area (Å²) in [7, 11) is -3.91. The van der Waals surface area contributed by atoms with Crippen molar-refractivity contribution in [1.82, 2.24) is 0 Å². The van der Waals surface area contributed by atoms with Gasteiger partial charge in [0.15, 0.2) is 0 Å². The van der Waals surface area contributed by atoms with Crippen LogP contribution in [0.5, 0.6) is 0 Å². The Hall–Kier alpha value is -2.08. The molecule has 0 unspecified atom stereocenters. The zero-order chi connectivity index (χ0) is 15.7. The normalized spacial score (nSPS) is 22.6. The molecule has 1 aliphatic carbocycles. The van der Waals surface area contributed by atoms with E-state index >= 15 is 0 Å². The SMILES string of the molecule is Cc1ccc(S(=O)(=O)O/N=C2\COC3=C2C=CC[C@@H]3C)cc1. The number of oxime groups is 1. The fourth-order valence-corrected chi connectivity index (χ4v) is 3.19. The maximum Gasteiger partial charge on any atom is 0.358 e. The minimum absolute atomic E-state index is 0.0862. The summed E-state index contributed by atoms with van der Waals surface area (Å²) in [6, 6.07) is 6.44. The molecule has 0 saturated heterocycles. The molecule has 22 heavy (non-hydrogen) atoms. The second kappa shape index (κ2) is 5.61. The van der Waals surface area contributed by atoms with Crippen LogP contribution in [0.15, 0.2) is 57.8 Å². The Bertz CT molecular complexity index is 773. The molecule has 3 rings (SSSR count). The Balaban J connectivity index is 1.82. The van der Waals surface area contributed by atoms with Crippen LogP contribution in [0.3, 0.4) is 0 Å². The van der Waals surface area contributed by atoms with Gasteiger partial charge in [-0.05, 0) is 25.5 Å². The van der Waals surface area contributed by atoms with Crippen molar-refractivity contribution in [3.8, 4) is 0 Å². The number of ether oxygens (including phenoxy) is 1. The highest BCUT2D eigenvalue weighted by Crippen LogP contribution is 2.31. The highest BCUT2D eigenvalue weighted by Gasteiger charge is 2.28. The highest BCUT2D eigenvalue weighted by molar-refractivity contribution is 7.86. The lowest BCUT2D eigenvalue weighted by Gasteiger charge is -2.14. The van der Waals surface area contributed by atoms with Crippen LogP contribution in [0.2, 0.25) is 0 Å². The summed E-state index contributed by atoms with van der Waals surface area (Å²) >= 11 is 0. The first kappa shape index (κ1) is 14.8. The van der Waals surface area contributed by atoms with Crippen molar-refractivity contribution in [1.29, 1.82) is 0 Å². The van der Waals surface area contributed by atoms with Gasteiger partial charge in [0.05, 0.1) is 0 Å². The van der Waals surface area contributed by atoms with Crippen LogP contribution in [-0.2, 0) is 19.1 Å². The first-order valence-electron chi connectivity index (χ1n) is 7.08. The molecule has 116 valence electrons. The molecule has 0 amide bonds. The second-order valence-corrected chi connectivity index (χ2v) is 7.01. The Morgan fingerprint density at radius 1 is 1.27 bits per heavy atom. The summed E-state index contributed by atoms with van der Waals surface area (Å²) < 4.78 is 34.7. The van der Waals surface area contributed by atoms with E-state index in [9.17, 15) is 8.42 Å². The number of nitrogens with zero attached hydrogens (tertiary/aromatic N) is 1. The van der Waals surface area contributed by atoms with Crippen molar-refractivity contribution in [3.63, 3.8) is 0 Å². The Labute approximate surface area is 130 Å². The van der Waals surface area contributed by atoms with Gasteiger partial charge in [-0.2, -0.15) is 8.42 Å². The van der Waals surface area contributed by atoms with E-state index in [4.69, 9.17) is 9.02 Å². The molecule has 0 spiro atoms. The quantitative estimate of drug-likeness (QED) is 0.804. The molecule has 1 heterocycles. The third kappa shape index (κ3) is 2.78. The van der Waals surface area contributed by atoms with Gasteiger partial charge < -0.3 is 4.74 Å². The standard InChI is InChI=1S/C16H17NO4S/c1-11-6-8-13(9-7-11)22(18,19)21-17-15-10-20-16-12(2)4-3-5-14(15)16/h3,5-9,12H,4,10H2,1-2H3/b17-15+/t12-/m0/s1. The third-order valence-corrected chi connectivity index (χ3v) is 4.84. The molecule has 6 heteroatoms. The van der Waals surface area contributed by atoms with E-state index in [1.165, 1.54) is 12.1 Å². The van der Waals surface area contributed by atoms with Gasteiger partial charge in [-0.15, -0.1) is 0 Å². The van der Waals surface area contributed by atoms with Crippen molar-refractivity contribution in [2.45, 2.75) is 25.2 Å². The maximum absolute atomic E-state index is 12.1. The fraction of sp³-hybridized carbons (Fsp3) is 0.312. The van der Waals surface area contributed by atoms with E-state index in [1.807, 2.05) is 19.1 Å². The first-order valence-corrected chi connectivity index (χ1v) is 8.49. The molecule has 0 fully saturated rings. The molecule has 0 bridgehead atoms. The molecule has 5 nitrogen and oxygen atoms in total. The Morgan fingerprint density at radius 2 is 2.00 bits per heavy atom. The molecule has 0 aromatic heterocycles. The summed E-state index contributed by atoms with van der Waals surface area (Å²) in [5.74, 6) is 1.14. The van der Waals surface area contributed by atoms with Gasteiger partial charge in [0.25, 0.3) is 0 Å². The van der Waals surface area contributed by atoms with E-state index in [0.717, 1.165) is 23.3 Å². The molecule has 1 aliphatic heterocycles. The van der Waals surface area contributed by atoms with Crippen molar-refractivity contribution in [3.05, 3.63) is 53.3 Å². The Morgan fingerprint density at radius 3 is 2.73 bits per heavy atom. The van der Waals surface area contributed by atoms with Crippen LogP contribution in [-0.4, -0.2) is 20.7 Å². The van der Waals surface area contributed by atoms with Crippen molar-refractivity contribution >= 4 is 15.8 Å². The van der Waals surface area contributed by atoms with Gasteiger partial charge in [0.2, 0.25) is 0 Å². The molecular formula is C16H17NO4S. The summed E-state index contributed by atoms with van der Waals surface area (Å²) in [6.07, 6.45) is 4.85. The molecule has 0 N–H and O–H groups in total. The van der Waals surface area contributed by atoms with E-state index in [0.29, 0.717) is 5.71 Å². The smallest absolute Gasteiger partial charge is 0.358 e. The minimum atomic E-state index is -3.91. The predicted octanol–water partition coefficient (Wildman–Crippen LogP) is 2.94. The average Bonchev–Trinajstić information content (AvgIpc) is 2.90. The first-order chi connectivity index (χ1) is 10.5. The van der Waals surface area contributed by atoms with Gasteiger partial charge in [-0.1, -0.05) is 41.9 Å². The second-order valence-electron chi connectivity index (χ2n) is 5.49. The molecule has 1 atom stereocenters. The van der Waals surface area contributed by atoms with E-state index in [2.05, 4.69) is 12.1 Å². The molecule has 1 aromatic rings. The molecule has 0 radical (unpaired) electrons. The number of benzene rings is 1. The van der Waals surface area contributed by atoms with Crippen molar-refractivity contribution in [2.75, 3.05) is 6.61 Å². The zero-order valence-electron chi connectivity index (χ0n) is 12.4. The summed E-state index contributed by atoms with van der Waals surface area (Å²) in [4.78, 5) is 0.0862. The average molecular weight is 319 g/mol. The molecular weight excluding hydrogens is 302 g/mol. The summed E-state index contributed by atoms with van der Waals surface area (Å²) in [5, 5.41) is 3.81. The highest BCUT2D eigenvalue weighted by atomic mass is 32.2. The largest absolute Gasteiger partial charge is 0.490 e. The number of allylic oxidation sites excluding steroid dienone is 3. The minimum Gasteiger partial charge on any atom is -0.490 e. The van der Waals surface area contributed by atoms with Crippen LogP contribution in [0.1, 0.15) is 18.9 Å². The molecule has 1 aromatic carbocycles. The fourth-order valence-electron chi connectivity index (χ4n) is 2.44. The topological polar surface area (TPSA) is 65.0 Å². The van der Waals surface area contributed by atoms with Gasteiger partial charge in [0.1, 0.15) is 23.0 Å².